The Morgan fingerprint density at radius 1 is 1.24 bits per heavy atom. The number of nitrogens with zero attached hydrogens (tertiary/aromatic N) is 3. The predicted octanol–water partition coefficient (Wildman–Crippen LogP) is 5.58. The zero-order chi connectivity index (χ0) is 30.0. The van der Waals surface area contributed by atoms with Crippen LogP contribution in [0, 0.1) is 22.7 Å². The number of pyridine rings is 2. The van der Waals surface area contributed by atoms with Gasteiger partial charge in [-0.3, -0.25) is 4.98 Å². The Kier molecular flexibility index (Phi) is 12.0. The third-order valence-corrected chi connectivity index (χ3v) is 8.61. The molecule has 2 fully saturated rings. The molecule has 228 valence electrons. The Bertz CT molecular complexity index is 1210. The van der Waals surface area contributed by atoms with Crippen LogP contribution >= 0.6 is 11.6 Å². The van der Waals surface area contributed by atoms with Gasteiger partial charge in [-0.1, -0.05) is 17.7 Å². The maximum atomic E-state index is 11.8. The van der Waals surface area contributed by atoms with Crippen molar-refractivity contribution in [1.29, 1.82) is 5.26 Å². The lowest BCUT2D eigenvalue weighted by atomic mass is 9.82. The molecule has 1 aliphatic carbocycles. The predicted molar refractivity (Wildman–Crippen MR) is 163 cm³/mol. The molecule has 2 aliphatic rings. The Balaban J connectivity index is 1.28. The van der Waals surface area contributed by atoms with Gasteiger partial charge in [-0.2, -0.15) is 5.26 Å². The summed E-state index contributed by atoms with van der Waals surface area (Å²) in [6.45, 7) is 8.21. The quantitative estimate of drug-likeness (QED) is 0.285. The standard InChI is InChI=1S/C32H44ClN5O4/c1-4-41-31(39)23(3)42-19-22(2)37-25-10-8-24(9-11-25)16-26-17-27(28(33)18-35-26)29-6-5-7-30(38-29)36-21-32(20-34)12-14-40-15-13-32/h5-7,17-18,22-25,37H,4,8-16,19,21H2,1-3H3,(H,36,38)/t22?,23-,24?,25?/m0/s1. The lowest BCUT2D eigenvalue weighted by molar-refractivity contribution is -0.155. The van der Waals surface area contributed by atoms with E-state index in [9.17, 15) is 10.1 Å². The fourth-order valence-corrected chi connectivity index (χ4v) is 5.92. The Labute approximate surface area is 254 Å². The molecule has 3 heterocycles. The molecule has 42 heavy (non-hydrogen) atoms. The summed E-state index contributed by atoms with van der Waals surface area (Å²) in [5.74, 6) is 0.967. The number of ether oxygens (including phenoxy) is 3. The van der Waals surface area contributed by atoms with Crippen LogP contribution in [0.15, 0.2) is 30.5 Å². The maximum Gasteiger partial charge on any atom is 0.334 e. The number of nitriles is 1. The van der Waals surface area contributed by atoms with Crippen molar-refractivity contribution in [2.45, 2.75) is 83.9 Å². The van der Waals surface area contributed by atoms with Gasteiger partial charge in [0.05, 0.1) is 35.4 Å². The van der Waals surface area contributed by atoms with E-state index in [1.807, 2.05) is 18.2 Å². The molecule has 1 saturated carbocycles. The van der Waals surface area contributed by atoms with Gasteiger partial charge >= 0.3 is 5.97 Å². The minimum absolute atomic E-state index is 0.156. The van der Waals surface area contributed by atoms with Crippen LogP contribution in [0.2, 0.25) is 5.02 Å². The van der Waals surface area contributed by atoms with Gasteiger partial charge in [0.2, 0.25) is 0 Å². The van der Waals surface area contributed by atoms with E-state index in [1.54, 1.807) is 20.0 Å². The van der Waals surface area contributed by atoms with Gasteiger partial charge in [0.1, 0.15) is 5.82 Å². The minimum Gasteiger partial charge on any atom is -0.464 e. The topological polar surface area (TPSA) is 118 Å². The molecule has 10 heteroatoms. The molecule has 2 aromatic rings. The fourth-order valence-electron chi connectivity index (χ4n) is 5.72. The lowest BCUT2D eigenvalue weighted by Gasteiger charge is -2.31. The smallest absolute Gasteiger partial charge is 0.334 e. The molecule has 0 aromatic carbocycles. The number of esters is 1. The van der Waals surface area contributed by atoms with Crippen molar-refractivity contribution in [2.75, 3.05) is 38.3 Å². The van der Waals surface area contributed by atoms with Crippen molar-refractivity contribution in [3.8, 4) is 17.3 Å². The van der Waals surface area contributed by atoms with Crippen molar-refractivity contribution in [3.05, 3.63) is 41.2 Å². The zero-order valence-electron chi connectivity index (χ0n) is 25.0. The average Bonchev–Trinajstić information content (AvgIpc) is 3.01. The van der Waals surface area contributed by atoms with E-state index < -0.39 is 11.5 Å². The van der Waals surface area contributed by atoms with Gasteiger partial charge in [0.15, 0.2) is 6.10 Å². The van der Waals surface area contributed by atoms with E-state index in [-0.39, 0.29) is 12.0 Å². The fraction of sp³-hybridized carbons (Fsp3) is 0.625. The molecule has 9 nitrogen and oxygen atoms in total. The van der Waals surface area contributed by atoms with Crippen LogP contribution in [0.4, 0.5) is 5.82 Å². The highest BCUT2D eigenvalue weighted by molar-refractivity contribution is 6.33. The second kappa shape index (κ2) is 15.6. The Morgan fingerprint density at radius 3 is 2.71 bits per heavy atom. The molecule has 1 unspecified atom stereocenters. The highest BCUT2D eigenvalue weighted by Gasteiger charge is 2.32. The minimum atomic E-state index is -0.552. The lowest BCUT2D eigenvalue weighted by Crippen LogP contribution is -2.42. The molecule has 1 saturated heterocycles. The van der Waals surface area contributed by atoms with E-state index in [0.717, 1.165) is 67.7 Å². The molecule has 1 aliphatic heterocycles. The second-order valence-electron chi connectivity index (χ2n) is 11.6. The molecule has 0 spiro atoms. The number of halogens is 1. The summed E-state index contributed by atoms with van der Waals surface area (Å²) in [4.78, 5) is 21.2. The van der Waals surface area contributed by atoms with Crippen molar-refractivity contribution in [3.63, 3.8) is 0 Å². The van der Waals surface area contributed by atoms with Crippen LogP contribution in [-0.4, -0.2) is 67.1 Å². The highest BCUT2D eigenvalue weighted by atomic mass is 35.5. The Hall–Kier alpha value is -2.77. The number of carbonyl (C=O) groups is 1. The number of aromatic nitrogens is 2. The number of hydrogen-bond acceptors (Lipinski definition) is 9. The number of nitrogens with one attached hydrogen (secondary N) is 2. The van der Waals surface area contributed by atoms with Crippen molar-refractivity contribution < 1.29 is 19.0 Å². The van der Waals surface area contributed by atoms with Crippen LogP contribution in [0.1, 0.15) is 65.0 Å². The summed E-state index contributed by atoms with van der Waals surface area (Å²) in [5.41, 5.74) is 2.24. The first-order valence-corrected chi connectivity index (χ1v) is 15.6. The van der Waals surface area contributed by atoms with Gasteiger partial charge in [-0.25, -0.2) is 9.78 Å². The highest BCUT2D eigenvalue weighted by Crippen LogP contribution is 2.33. The third kappa shape index (κ3) is 9.11. The summed E-state index contributed by atoms with van der Waals surface area (Å²) in [5, 5.41) is 17.4. The van der Waals surface area contributed by atoms with Crippen molar-refractivity contribution >= 4 is 23.4 Å². The zero-order valence-corrected chi connectivity index (χ0v) is 25.8. The molecule has 2 N–H and O–H groups in total. The van der Waals surface area contributed by atoms with E-state index >= 15 is 0 Å². The van der Waals surface area contributed by atoms with Crippen LogP contribution in [-0.2, 0) is 25.4 Å². The second-order valence-corrected chi connectivity index (χ2v) is 12.0. The van der Waals surface area contributed by atoms with E-state index in [0.29, 0.717) is 50.0 Å². The van der Waals surface area contributed by atoms with E-state index in [1.165, 1.54) is 0 Å². The maximum absolute atomic E-state index is 11.8. The van der Waals surface area contributed by atoms with Gasteiger partial charge in [0, 0.05) is 49.3 Å². The molecule has 4 rings (SSSR count). The molecule has 2 atom stereocenters. The van der Waals surface area contributed by atoms with Crippen LogP contribution < -0.4 is 10.6 Å². The molecule has 0 bridgehead atoms. The molecular weight excluding hydrogens is 554 g/mol. The van der Waals surface area contributed by atoms with Crippen molar-refractivity contribution in [2.24, 2.45) is 11.3 Å². The number of anilines is 1. The summed E-state index contributed by atoms with van der Waals surface area (Å²) < 4.78 is 16.2. The summed E-state index contributed by atoms with van der Waals surface area (Å²) >= 11 is 6.59. The van der Waals surface area contributed by atoms with Gasteiger partial charge < -0.3 is 24.8 Å². The van der Waals surface area contributed by atoms with E-state index in [2.05, 4.69) is 34.7 Å². The molecular formula is C32H44ClN5O4. The largest absolute Gasteiger partial charge is 0.464 e. The van der Waals surface area contributed by atoms with Gasteiger partial charge in [-0.15, -0.1) is 0 Å². The summed E-state index contributed by atoms with van der Waals surface area (Å²) in [6.07, 6.45) is 7.94. The summed E-state index contributed by atoms with van der Waals surface area (Å²) in [6, 6.07) is 11.0. The van der Waals surface area contributed by atoms with Gasteiger partial charge in [0.25, 0.3) is 0 Å². The first-order valence-electron chi connectivity index (χ1n) is 15.2. The number of hydrogen-bond donors (Lipinski definition) is 2. The molecule has 0 amide bonds. The first kappa shape index (κ1) is 32.2. The van der Waals surface area contributed by atoms with Crippen LogP contribution in [0.3, 0.4) is 0 Å². The van der Waals surface area contributed by atoms with E-state index in [4.69, 9.17) is 30.8 Å². The third-order valence-electron chi connectivity index (χ3n) is 8.31. The Morgan fingerprint density at radius 2 is 2.00 bits per heavy atom. The van der Waals surface area contributed by atoms with Crippen LogP contribution in [0.25, 0.3) is 11.3 Å². The van der Waals surface area contributed by atoms with Crippen molar-refractivity contribution in [1.82, 2.24) is 15.3 Å². The molecule has 2 aromatic heterocycles. The normalized spacial score (nSPS) is 21.6. The number of carbonyl (C=O) groups excluding carboxylic acids is 1. The average molecular weight is 598 g/mol. The monoisotopic (exact) mass is 597 g/mol. The number of rotatable bonds is 13. The molecule has 0 radical (unpaired) electrons. The SMILES string of the molecule is CCOC(=O)[C@H](C)OCC(C)NC1CCC(Cc2cc(-c3cccc(NCC4(C#N)CCOCC4)n3)c(Cl)cn2)CC1. The van der Waals surface area contributed by atoms with Gasteiger partial charge in [-0.05, 0) is 89.8 Å². The van der Waals surface area contributed by atoms with Crippen LogP contribution in [0.5, 0.6) is 0 Å². The first-order chi connectivity index (χ1) is 20.3. The summed E-state index contributed by atoms with van der Waals surface area (Å²) in [7, 11) is 0.